The molecule has 3 aromatic rings. The molecule has 178 valence electrons. The molecule has 4 rings (SSSR count). The number of hydrogen-bond acceptors (Lipinski definition) is 7. The van der Waals surface area contributed by atoms with E-state index in [9.17, 15) is 19.4 Å². The van der Waals surface area contributed by atoms with Gasteiger partial charge in [0, 0.05) is 18.8 Å². The first-order valence-electron chi connectivity index (χ1n) is 11.1. The fourth-order valence-corrected chi connectivity index (χ4v) is 3.90. The van der Waals surface area contributed by atoms with Crippen LogP contribution in [0.1, 0.15) is 42.6 Å². The number of nitriles is 1. The summed E-state index contributed by atoms with van der Waals surface area (Å²) in [5, 5.41) is 38.4. The molecule has 1 amide bonds. The number of pyridine rings is 1. The molecule has 0 radical (unpaired) electrons. The SMILES string of the molecule is CC(C)(O)[C@H](F)CNC(=O)c1cnc(-c2ccc3cc(C#N)cnn23)cc1N[C@H]1C[C@H](CO)C1. The van der Waals surface area contributed by atoms with Gasteiger partial charge < -0.3 is 20.8 Å². The Morgan fingerprint density at radius 2 is 2.12 bits per heavy atom. The molecule has 0 unspecified atom stereocenters. The lowest BCUT2D eigenvalue weighted by Gasteiger charge is -2.35. The summed E-state index contributed by atoms with van der Waals surface area (Å²) in [5.74, 6) is -0.286. The fourth-order valence-electron chi connectivity index (χ4n) is 3.90. The Morgan fingerprint density at radius 3 is 2.79 bits per heavy atom. The number of amides is 1. The Morgan fingerprint density at radius 1 is 1.35 bits per heavy atom. The predicted octanol–water partition coefficient (Wildman–Crippen LogP) is 2.29. The smallest absolute Gasteiger partial charge is 0.255 e. The van der Waals surface area contributed by atoms with Crippen molar-refractivity contribution in [3.8, 4) is 17.5 Å². The number of aliphatic hydroxyl groups excluding tert-OH is 1. The van der Waals surface area contributed by atoms with E-state index >= 15 is 0 Å². The molecular weight excluding hydrogens is 439 g/mol. The largest absolute Gasteiger partial charge is 0.396 e. The van der Waals surface area contributed by atoms with Crippen molar-refractivity contribution >= 4 is 17.1 Å². The Kier molecular flexibility index (Phi) is 6.50. The van der Waals surface area contributed by atoms with Crippen LogP contribution in [0.3, 0.4) is 0 Å². The van der Waals surface area contributed by atoms with Crippen molar-refractivity contribution in [3.05, 3.63) is 47.8 Å². The van der Waals surface area contributed by atoms with Gasteiger partial charge in [0.15, 0.2) is 0 Å². The third-order valence-corrected chi connectivity index (χ3v) is 6.10. The van der Waals surface area contributed by atoms with Gasteiger partial charge in [0.25, 0.3) is 5.91 Å². The maximum absolute atomic E-state index is 14.1. The molecule has 3 aromatic heterocycles. The first-order valence-corrected chi connectivity index (χ1v) is 11.1. The summed E-state index contributed by atoms with van der Waals surface area (Å²) >= 11 is 0. The van der Waals surface area contributed by atoms with Crippen LogP contribution < -0.4 is 10.6 Å². The average molecular weight is 467 g/mol. The van der Waals surface area contributed by atoms with Crippen LogP contribution in [-0.2, 0) is 0 Å². The summed E-state index contributed by atoms with van der Waals surface area (Å²) in [7, 11) is 0. The second-order valence-electron chi connectivity index (χ2n) is 9.22. The molecule has 0 bridgehead atoms. The van der Waals surface area contributed by atoms with Crippen LogP contribution in [0.5, 0.6) is 0 Å². The topological polar surface area (TPSA) is 136 Å². The minimum Gasteiger partial charge on any atom is -0.396 e. The van der Waals surface area contributed by atoms with Gasteiger partial charge in [-0.25, -0.2) is 8.91 Å². The number of rotatable bonds is 8. The van der Waals surface area contributed by atoms with Crippen LogP contribution in [0.4, 0.5) is 10.1 Å². The number of nitrogens with zero attached hydrogens (tertiary/aromatic N) is 4. The van der Waals surface area contributed by atoms with Gasteiger partial charge in [-0.15, -0.1) is 0 Å². The van der Waals surface area contributed by atoms with Crippen molar-refractivity contribution < 1.29 is 19.4 Å². The third-order valence-electron chi connectivity index (χ3n) is 6.10. The lowest BCUT2D eigenvalue weighted by molar-refractivity contribution is -0.00177. The highest BCUT2D eigenvalue weighted by Gasteiger charge is 2.30. The number of carbonyl (C=O) groups excluding carboxylic acids is 1. The first kappa shape index (κ1) is 23.6. The van der Waals surface area contributed by atoms with Gasteiger partial charge in [-0.3, -0.25) is 9.78 Å². The van der Waals surface area contributed by atoms with E-state index in [0.29, 0.717) is 22.6 Å². The molecule has 0 aromatic carbocycles. The van der Waals surface area contributed by atoms with E-state index < -0.39 is 17.7 Å². The summed E-state index contributed by atoms with van der Waals surface area (Å²) in [6.07, 6.45) is 2.81. The summed E-state index contributed by atoms with van der Waals surface area (Å²) in [5.41, 5.74) is 1.64. The highest BCUT2D eigenvalue weighted by atomic mass is 19.1. The van der Waals surface area contributed by atoms with Crippen molar-refractivity contribution in [2.24, 2.45) is 5.92 Å². The molecule has 9 nitrogen and oxygen atoms in total. The van der Waals surface area contributed by atoms with E-state index in [2.05, 4.69) is 26.8 Å². The molecule has 0 spiro atoms. The summed E-state index contributed by atoms with van der Waals surface area (Å²) in [6, 6.07) is 9.27. The van der Waals surface area contributed by atoms with E-state index in [1.807, 2.05) is 12.1 Å². The second kappa shape index (κ2) is 9.37. The molecule has 0 aliphatic heterocycles. The van der Waals surface area contributed by atoms with Crippen LogP contribution >= 0.6 is 0 Å². The van der Waals surface area contributed by atoms with Crippen molar-refractivity contribution in [2.75, 3.05) is 18.5 Å². The molecule has 10 heteroatoms. The zero-order valence-electron chi connectivity index (χ0n) is 19.0. The van der Waals surface area contributed by atoms with Crippen LogP contribution in [-0.4, -0.2) is 61.7 Å². The van der Waals surface area contributed by atoms with Gasteiger partial charge in [-0.2, -0.15) is 10.4 Å². The number of carbonyl (C=O) groups is 1. The van der Waals surface area contributed by atoms with Gasteiger partial charge >= 0.3 is 0 Å². The van der Waals surface area contributed by atoms with Crippen LogP contribution in [0.25, 0.3) is 16.9 Å². The van der Waals surface area contributed by atoms with E-state index in [4.69, 9.17) is 5.26 Å². The van der Waals surface area contributed by atoms with E-state index in [1.54, 1.807) is 16.6 Å². The van der Waals surface area contributed by atoms with Crippen LogP contribution in [0, 0.1) is 17.2 Å². The molecule has 0 saturated heterocycles. The summed E-state index contributed by atoms with van der Waals surface area (Å²) < 4.78 is 15.8. The Hall–Kier alpha value is -3.55. The standard InChI is InChI=1S/C24H27FN6O3/c1-24(2,34)22(25)12-28-23(33)18-11-27-20(8-19(18)30-16-5-14(6-16)13-32)21-4-3-17-7-15(9-26)10-29-31(17)21/h3-4,7-8,10-11,14,16,22,32,34H,5-6,12-13H2,1-2H3,(H,27,30)(H,28,33)/t14-,16-,22-/m1/s1. The number of aliphatic hydroxyl groups is 2. The predicted molar refractivity (Wildman–Crippen MR) is 124 cm³/mol. The molecule has 34 heavy (non-hydrogen) atoms. The fraction of sp³-hybridized carbons (Fsp3) is 0.417. The Balaban J connectivity index is 1.63. The van der Waals surface area contributed by atoms with Gasteiger partial charge in [-0.1, -0.05) is 0 Å². The average Bonchev–Trinajstić information content (AvgIpc) is 3.21. The van der Waals surface area contributed by atoms with E-state index in [0.717, 1.165) is 18.4 Å². The Labute approximate surface area is 196 Å². The first-order chi connectivity index (χ1) is 16.2. The zero-order valence-corrected chi connectivity index (χ0v) is 19.0. The van der Waals surface area contributed by atoms with Crippen LogP contribution in [0.15, 0.2) is 36.7 Å². The summed E-state index contributed by atoms with van der Waals surface area (Å²) in [4.78, 5) is 17.3. The minimum absolute atomic E-state index is 0.0876. The van der Waals surface area contributed by atoms with Gasteiger partial charge in [0.1, 0.15) is 12.2 Å². The van der Waals surface area contributed by atoms with Crippen molar-refractivity contribution in [1.29, 1.82) is 5.26 Å². The highest BCUT2D eigenvalue weighted by Crippen LogP contribution is 2.32. The van der Waals surface area contributed by atoms with Crippen LogP contribution in [0.2, 0.25) is 0 Å². The molecule has 4 N–H and O–H groups in total. The monoisotopic (exact) mass is 466 g/mol. The van der Waals surface area contributed by atoms with Gasteiger partial charge in [0.2, 0.25) is 0 Å². The number of fused-ring (bicyclic) bond motifs is 1. The quantitative estimate of drug-likeness (QED) is 0.400. The normalized spacial score (nSPS) is 18.7. The third kappa shape index (κ3) is 4.85. The summed E-state index contributed by atoms with van der Waals surface area (Å²) in [6.45, 7) is 2.47. The lowest BCUT2D eigenvalue weighted by Crippen LogP contribution is -2.42. The van der Waals surface area contributed by atoms with Gasteiger partial charge in [0.05, 0.1) is 52.1 Å². The van der Waals surface area contributed by atoms with Crippen molar-refractivity contribution in [3.63, 3.8) is 0 Å². The molecule has 1 aliphatic carbocycles. The van der Waals surface area contributed by atoms with E-state index in [1.165, 1.54) is 26.2 Å². The zero-order chi connectivity index (χ0) is 24.5. The number of nitrogens with one attached hydrogen (secondary N) is 2. The maximum Gasteiger partial charge on any atom is 0.255 e. The number of aromatic nitrogens is 3. The molecule has 1 atom stereocenters. The molecule has 1 saturated carbocycles. The highest BCUT2D eigenvalue weighted by molar-refractivity contribution is 6.00. The number of anilines is 1. The lowest BCUT2D eigenvalue weighted by atomic mass is 9.80. The second-order valence-corrected chi connectivity index (χ2v) is 9.22. The Bertz CT molecular complexity index is 1240. The molecule has 3 heterocycles. The molecule has 1 aliphatic rings. The van der Waals surface area contributed by atoms with Crippen molar-refractivity contribution in [2.45, 2.75) is 44.5 Å². The minimum atomic E-state index is -1.63. The van der Waals surface area contributed by atoms with Gasteiger partial charge in [-0.05, 0) is 56.9 Å². The number of alkyl halides is 1. The van der Waals surface area contributed by atoms with Crippen molar-refractivity contribution in [1.82, 2.24) is 19.9 Å². The number of halogens is 1. The maximum atomic E-state index is 14.1. The van der Waals surface area contributed by atoms with E-state index in [-0.39, 0.29) is 30.7 Å². The molecule has 1 fully saturated rings. The number of hydrogen-bond donors (Lipinski definition) is 4. The molecular formula is C24H27FN6O3.